The topological polar surface area (TPSA) is 32.3 Å². The highest BCUT2D eigenvalue weighted by Crippen LogP contribution is 2.34. The monoisotopic (exact) mass is 306 g/mol. The van der Waals surface area contributed by atoms with Crippen LogP contribution in [0.15, 0.2) is 12.1 Å². The van der Waals surface area contributed by atoms with Crippen molar-refractivity contribution in [2.45, 2.75) is 64.1 Å². The van der Waals surface area contributed by atoms with E-state index in [4.69, 9.17) is 0 Å². The first-order valence-corrected chi connectivity index (χ1v) is 8.92. The van der Waals surface area contributed by atoms with E-state index in [1.165, 1.54) is 35.4 Å². The molecule has 0 aliphatic carbocycles. The number of hydrogen-bond acceptors (Lipinski definition) is 3. The summed E-state index contributed by atoms with van der Waals surface area (Å²) in [6.07, 6.45) is 5.69. The number of piperidine rings is 1. The normalized spacial score (nSPS) is 29.4. The van der Waals surface area contributed by atoms with Gasteiger partial charge in [-0.25, -0.2) is 0 Å². The van der Waals surface area contributed by atoms with Crippen molar-refractivity contribution in [3.8, 4) is 0 Å². The van der Waals surface area contributed by atoms with Crippen molar-refractivity contribution in [1.29, 1.82) is 0 Å². The number of thiophene rings is 1. The maximum atomic E-state index is 12.6. The molecular formula is C17H26N2OS. The Hall–Kier alpha value is -0.870. The lowest BCUT2D eigenvalue weighted by atomic mass is 9.89. The summed E-state index contributed by atoms with van der Waals surface area (Å²) in [7, 11) is 1.96. The van der Waals surface area contributed by atoms with E-state index in [-0.39, 0.29) is 6.04 Å². The minimum absolute atomic E-state index is 0.189. The highest BCUT2D eigenvalue weighted by atomic mass is 32.1. The second-order valence-electron chi connectivity index (χ2n) is 6.81. The molecule has 3 nitrogen and oxygen atoms in total. The van der Waals surface area contributed by atoms with Gasteiger partial charge >= 0.3 is 0 Å². The predicted octanol–water partition coefficient (Wildman–Crippen LogP) is 3.50. The second kappa shape index (κ2) is 6.09. The van der Waals surface area contributed by atoms with Crippen LogP contribution in [0.5, 0.6) is 0 Å². The zero-order valence-electron chi connectivity index (χ0n) is 13.3. The predicted molar refractivity (Wildman–Crippen MR) is 87.5 cm³/mol. The zero-order chi connectivity index (χ0) is 15.0. The molecule has 3 atom stereocenters. The molecule has 21 heavy (non-hydrogen) atoms. The number of nitrogens with zero attached hydrogens (tertiary/aromatic N) is 1. The molecule has 3 heterocycles. The Balaban J connectivity index is 1.57. The molecule has 0 aromatic carbocycles. The average Bonchev–Trinajstić information content (AvgIpc) is 3.03. The van der Waals surface area contributed by atoms with Crippen molar-refractivity contribution in [1.82, 2.24) is 10.2 Å². The Morgan fingerprint density at radius 2 is 2.05 bits per heavy atom. The van der Waals surface area contributed by atoms with Crippen molar-refractivity contribution in [3.63, 3.8) is 0 Å². The molecule has 4 heteroatoms. The fraction of sp³-hybridized carbons (Fsp3) is 0.706. The van der Waals surface area contributed by atoms with Crippen LogP contribution in [-0.2, 0) is 4.79 Å². The maximum Gasteiger partial charge on any atom is 0.223 e. The second-order valence-corrected chi connectivity index (χ2v) is 8.13. The number of aryl methyl sites for hydroxylation is 1. The fourth-order valence-electron chi connectivity index (χ4n) is 3.82. The first kappa shape index (κ1) is 15.0. The van der Waals surface area contributed by atoms with Gasteiger partial charge in [-0.1, -0.05) is 0 Å². The van der Waals surface area contributed by atoms with Crippen LogP contribution in [0.1, 0.15) is 54.8 Å². The van der Waals surface area contributed by atoms with E-state index < -0.39 is 0 Å². The number of carbonyl (C=O) groups is 1. The molecule has 1 aromatic rings. The molecule has 1 amide bonds. The fourth-order valence-corrected chi connectivity index (χ4v) is 4.79. The minimum atomic E-state index is 0.189. The molecule has 2 fully saturated rings. The summed E-state index contributed by atoms with van der Waals surface area (Å²) in [5.74, 6) is 0.885. The van der Waals surface area contributed by atoms with E-state index in [2.05, 4.69) is 31.3 Å². The van der Waals surface area contributed by atoms with Crippen LogP contribution in [0.25, 0.3) is 0 Å². The smallest absolute Gasteiger partial charge is 0.223 e. The van der Waals surface area contributed by atoms with E-state index in [1.807, 2.05) is 11.9 Å². The molecule has 0 radical (unpaired) electrons. The summed E-state index contributed by atoms with van der Waals surface area (Å²) in [5, 5.41) is 3.65. The molecule has 2 aliphatic heterocycles. The van der Waals surface area contributed by atoms with Gasteiger partial charge in [0.2, 0.25) is 5.91 Å². The number of nitrogens with one attached hydrogen (secondary N) is 1. The van der Waals surface area contributed by atoms with Crippen molar-refractivity contribution < 1.29 is 4.79 Å². The van der Waals surface area contributed by atoms with Gasteiger partial charge in [0, 0.05) is 35.3 Å². The molecule has 2 saturated heterocycles. The Morgan fingerprint density at radius 1 is 1.38 bits per heavy atom. The van der Waals surface area contributed by atoms with Gasteiger partial charge in [-0.3, -0.25) is 4.79 Å². The minimum Gasteiger partial charge on any atom is -0.338 e. The van der Waals surface area contributed by atoms with Gasteiger partial charge in [-0.05, 0) is 57.6 Å². The van der Waals surface area contributed by atoms with Crippen molar-refractivity contribution >= 4 is 17.2 Å². The Bertz CT molecular complexity index is 501. The molecule has 2 aliphatic rings. The van der Waals surface area contributed by atoms with E-state index in [0.717, 1.165) is 6.42 Å². The summed E-state index contributed by atoms with van der Waals surface area (Å²) in [5.41, 5.74) is 0. The largest absolute Gasteiger partial charge is 0.338 e. The maximum absolute atomic E-state index is 12.6. The van der Waals surface area contributed by atoms with Gasteiger partial charge in [0.1, 0.15) is 0 Å². The van der Waals surface area contributed by atoms with Gasteiger partial charge in [0.15, 0.2) is 0 Å². The third-order valence-corrected chi connectivity index (χ3v) is 6.35. The van der Waals surface area contributed by atoms with Crippen molar-refractivity contribution in [3.05, 3.63) is 21.9 Å². The molecule has 2 bridgehead atoms. The third-order valence-electron chi connectivity index (χ3n) is 5.18. The van der Waals surface area contributed by atoms with E-state index in [1.54, 1.807) is 11.3 Å². The quantitative estimate of drug-likeness (QED) is 0.923. The van der Waals surface area contributed by atoms with Crippen molar-refractivity contribution in [2.24, 2.45) is 5.92 Å². The van der Waals surface area contributed by atoms with Crippen LogP contribution >= 0.6 is 11.3 Å². The van der Waals surface area contributed by atoms with Crippen LogP contribution in [-0.4, -0.2) is 29.9 Å². The molecule has 3 unspecified atom stereocenters. The van der Waals surface area contributed by atoms with Gasteiger partial charge in [0.05, 0.1) is 6.04 Å². The Labute approximate surface area is 131 Å². The highest BCUT2D eigenvalue weighted by molar-refractivity contribution is 7.12. The summed E-state index contributed by atoms with van der Waals surface area (Å²) in [6.45, 7) is 4.25. The van der Waals surface area contributed by atoms with E-state index in [9.17, 15) is 4.79 Å². The SMILES string of the molecule is Cc1ccc(C(C)N(C)C(=O)CC2CC3CCC(C2)N3)s1. The number of hydrogen-bond donors (Lipinski definition) is 1. The standard InChI is InChI=1S/C17H26N2OS/c1-11-4-7-16(21-11)12(2)19(3)17(20)10-13-8-14-5-6-15(9-13)18-14/h4,7,12-15,18H,5-6,8-10H2,1-3H3. The lowest BCUT2D eigenvalue weighted by Crippen LogP contribution is -2.40. The summed E-state index contributed by atoms with van der Waals surface area (Å²) < 4.78 is 0. The van der Waals surface area contributed by atoms with Crippen LogP contribution in [0.3, 0.4) is 0 Å². The third kappa shape index (κ3) is 3.32. The van der Waals surface area contributed by atoms with E-state index in [0.29, 0.717) is 23.9 Å². The lowest BCUT2D eigenvalue weighted by molar-refractivity contribution is -0.133. The van der Waals surface area contributed by atoms with Crippen LogP contribution in [0, 0.1) is 12.8 Å². The highest BCUT2D eigenvalue weighted by Gasteiger charge is 2.35. The molecule has 0 saturated carbocycles. The Kier molecular flexibility index (Phi) is 4.36. The summed E-state index contributed by atoms with van der Waals surface area (Å²) >= 11 is 1.79. The first-order chi connectivity index (χ1) is 10.0. The van der Waals surface area contributed by atoms with Gasteiger partial charge in [0.25, 0.3) is 0 Å². The summed E-state index contributed by atoms with van der Waals surface area (Å²) in [6, 6.07) is 5.82. The van der Waals surface area contributed by atoms with Gasteiger partial charge in [-0.15, -0.1) is 11.3 Å². The lowest BCUT2D eigenvalue weighted by Gasteiger charge is -2.31. The number of amides is 1. The average molecular weight is 306 g/mol. The van der Waals surface area contributed by atoms with Crippen LogP contribution in [0.2, 0.25) is 0 Å². The van der Waals surface area contributed by atoms with Crippen LogP contribution in [0.4, 0.5) is 0 Å². The van der Waals surface area contributed by atoms with Gasteiger partial charge < -0.3 is 10.2 Å². The zero-order valence-corrected chi connectivity index (χ0v) is 14.1. The molecule has 3 rings (SSSR count). The molecular weight excluding hydrogens is 280 g/mol. The summed E-state index contributed by atoms with van der Waals surface area (Å²) in [4.78, 5) is 17.1. The Morgan fingerprint density at radius 3 is 2.62 bits per heavy atom. The van der Waals surface area contributed by atoms with Crippen molar-refractivity contribution in [2.75, 3.05) is 7.05 Å². The molecule has 116 valence electrons. The number of rotatable bonds is 4. The first-order valence-electron chi connectivity index (χ1n) is 8.11. The molecule has 1 aromatic heterocycles. The van der Waals surface area contributed by atoms with Gasteiger partial charge in [-0.2, -0.15) is 0 Å². The van der Waals surface area contributed by atoms with Crippen LogP contribution < -0.4 is 5.32 Å². The number of carbonyl (C=O) groups excluding carboxylic acids is 1. The van der Waals surface area contributed by atoms with E-state index >= 15 is 0 Å². The molecule has 1 N–H and O–H groups in total. The molecule has 0 spiro atoms. The number of fused-ring (bicyclic) bond motifs is 2.